The molecule has 2 aromatic rings. The average molecular weight is 553 g/mol. The molecule has 0 unspecified atom stereocenters. The molecule has 2 aliphatic rings. The van der Waals surface area contributed by atoms with Crippen LogP contribution in [0.25, 0.3) is 0 Å². The van der Waals surface area contributed by atoms with Gasteiger partial charge in [-0.15, -0.1) is 0 Å². The van der Waals surface area contributed by atoms with Crippen LogP contribution in [0.3, 0.4) is 0 Å². The Morgan fingerprint density at radius 3 is 2.81 bits per heavy atom. The van der Waals surface area contributed by atoms with E-state index in [1.807, 2.05) is 38.1 Å². The third kappa shape index (κ3) is 4.01. The second-order valence-electron chi connectivity index (χ2n) is 7.04. The Kier molecular flexibility index (Phi) is 6.19. The van der Waals surface area contributed by atoms with Crippen molar-refractivity contribution in [1.82, 2.24) is 5.43 Å². The molecule has 0 radical (unpaired) electrons. The molecule has 0 aromatic heterocycles. The fraction of sp³-hybridized carbons (Fsp3) is 0.286. The van der Waals surface area contributed by atoms with Gasteiger partial charge in [0.2, 0.25) is 12.5 Å². The number of carbonyl (C=O) groups excluding carboxylic acids is 1. The third-order valence-corrected chi connectivity index (χ3v) is 6.56. The lowest BCUT2D eigenvalue weighted by Gasteiger charge is -2.20. The summed E-state index contributed by atoms with van der Waals surface area (Å²) in [5.41, 5.74) is 5.46. The maximum atomic E-state index is 12.6. The smallest absolute Gasteiger partial charge is 0.289 e. The number of aryl methyl sites for hydroxylation is 1. The molecule has 4 rings (SSSR count). The van der Waals surface area contributed by atoms with Gasteiger partial charge < -0.3 is 19.0 Å². The number of amides is 1. The van der Waals surface area contributed by atoms with Crippen molar-refractivity contribution in [2.45, 2.75) is 20.0 Å². The normalized spacial score (nSPS) is 19.3. The van der Waals surface area contributed by atoms with Crippen LogP contribution >= 0.6 is 31.9 Å². The van der Waals surface area contributed by atoms with Gasteiger partial charge in [-0.2, -0.15) is 5.10 Å². The number of hydrazone groups is 1. The van der Waals surface area contributed by atoms with Crippen molar-refractivity contribution in [3.05, 3.63) is 49.9 Å². The van der Waals surface area contributed by atoms with Gasteiger partial charge in [-0.3, -0.25) is 4.79 Å². The number of nitrogens with zero attached hydrogens (tertiary/aromatic N) is 2. The van der Waals surface area contributed by atoms with Crippen molar-refractivity contribution in [1.29, 1.82) is 0 Å². The van der Waals surface area contributed by atoms with Crippen molar-refractivity contribution >= 4 is 49.7 Å². The van der Waals surface area contributed by atoms with E-state index in [9.17, 15) is 4.79 Å². The number of benzene rings is 2. The fourth-order valence-electron chi connectivity index (χ4n) is 3.44. The number of nitrogens with one attached hydrogen (secondary N) is 1. The summed E-state index contributed by atoms with van der Waals surface area (Å²) < 4.78 is 17.9. The van der Waals surface area contributed by atoms with Gasteiger partial charge in [0.05, 0.1) is 28.2 Å². The van der Waals surface area contributed by atoms with Crippen LogP contribution in [0.5, 0.6) is 17.2 Å². The summed E-state index contributed by atoms with van der Waals surface area (Å²) in [5.74, 6) is 0.722. The number of ether oxygens (including phenoxy) is 3. The molecule has 0 fully saturated rings. The first-order valence-electron chi connectivity index (χ1n) is 9.40. The van der Waals surface area contributed by atoms with Gasteiger partial charge in [-0.25, -0.2) is 5.43 Å². The van der Waals surface area contributed by atoms with E-state index >= 15 is 0 Å². The molecule has 10 heteroatoms. The molecule has 0 bridgehead atoms. The number of hydrogen-bond acceptors (Lipinski definition) is 7. The zero-order valence-corrected chi connectivity index (χ0v) is 20.1. The van der Waals surface area contributed by atoms with Crippen LogP contribution in [-0.2, 0) is 9.63 Å². The Balaban J connectivity index is 1.53. The largest absolute Gasteiger partial charge is 0.492 e. The third-order valence-electron chi connectivity index (χ3n) is 4.98. The maximum absolute atomic E-state index is 12.6. The second-order valence-corrected chi connectivity index (χ2v) is 8.63. The molecular weight excluding hydrogens is 534 g/mol. The van der Waals surface area contributed by atoms with Gasteiger partial charge in [-0.05, 0) is 44.3 Å². The number of rotatable bonds is 5. The second kappa shape index (κ2) is 8.88. The fourth-order valence-corrected chi connectivity index (χ4v) is 5.19. The van der Waals surface area contributed by atoms with E-state index in [2.05, 4.69) is 47.5 Å². The Labute approximate surface area is 195 Å². The molecule has 0 spiro atoms. The molecule has 0 saturated carbocycles. The van der Waals surface area contributed by atoms with Gasteiger partial charge in [0.15, 0.2) is 23.3 Å². The van der Waals surface area contributed by atoms with Crippen molar-refractivity contribution in [3.8, 4) is 17.2 Å². The van der Waals surface area contributed by atoms with Crippen LogP contribution in [0.2, 0.25) is 0 Å². The summed E-state index contributed by atoms with van der Waals surface area (Å²) in [5, 5.41) is 8.05. The Morgan fingerprint density at radius 1 is 1.29 bits per heavy atom. The quantitative estimate of drug-likeness (QED) is 0.436. The van der Waals surface area contributed by atoms with Crippen LogP contribution in [0, 0.1) is 12.8 Å². The Bertz CT molecular complexity index is 1100. The maximum Gasteiger partial charge on any atom is 0.289 e. The highest BCUT2D eigenvalue weighted by atomic mass is 79.9. The Hall–Kier alpha value is -2.59. The molecule has 0 saturated heterocycles. The summed E-state index contributed by atoms with van der Waals surface area (Å²) in [6.45, 7) is 3.93. The molecule has 8 nitrogen and oxygen atoms in total. The summed E-state index contributed by atoms with van der Waals surface area (Å²) >= 11 is 7.14. The molecule has 2 atom stereocenters. The van der Waals surface area contributed by atoms with Crippen molar-refractivity contribution in [2.24, 2.45) is 16.2 Å². The van der Waals surface area contributed by atoms with Crippen molar-refractivity contribution < 1.29 is 23.8 Å². The van der Waals surface area contributed by atoms with E-state index in [-0.39, 0.29) is 18.4 Å². The predicted octanol–water partition coefficient (Wildman–Crippen LogP) is 4.47. The Morgan fingerprint density at radius 2 is 2.06 bits per heavy atom. The van der Waals surface area contributed by atoms with Crippen LogP contribution in [0.1, 0.15) is 29.7 Å². The number of carbonyl (C=O) groups is 1. The van der Waals surface area contributed by atoms with Crippen molar-refractivity contribution in [3.63, 3.8) is 0 Å². The van der Waals surface area contributed by atoms with E-state index < -0.39 is 12.0 Å². The zero-order chi connectivity index (χ0) is 22.1. The van der Waals surface area contributed by atoms with Crippen LogP contribution in [0.15, 0.2) is 43.5 Å². The molecule has 2 aromatic carbocycles. The summed E-state index contributed by atoms with van der Waals surface area (Å²) in [7, 11) is 1.54. The minimum Gasteiger partial charge on any atom is -0.492 e. The average Bonchev–Trinajstić information content (AvgIpc) is 3.36. The summed E-state index contributed by atoms with van der Waals surface area (Å²) in [4.78, 5) is 18.3. The highest BCUT2D eigenvalue weighted by Crippen LogP contribution is 2.55. The van der Waals surface area contributed by atoms with Crippen LogP contribution < -0.4 is 19.6 Å². The molecule has 31 heavy (non-hydrogen) atoms. The van der Waals surface area contributed by atoms with Gasteiger partial charge >= 0.3 is 0 Å². The predicted molar refractivity (Wildman–Crippen MR) is 122 cm³/mol. The van der Waals surface area contributed by atoms with Crippen molar-refractivity contribution in [2.75, 3.05) is 13.9 Å². The minimum atomic E-state index is -0.548. The molecular formula is C21H19Br2N3O5. The first-order valence-corrected chi connectivity index (χ1v) is 11.0. The monoisotopic (exact) mass is 551 g/mol. The minimum absolute atomic E-state index is 0.0877. The van der Waals surface area contributed by atoms with Gasteiger partial charge in [0.1, 0.15) is 0 Å². The van der Waals surface area contributed by atoms with Crippen LogP contribution in [0.4, 0.5) is 0 Å². The number of methoxy groups -OCH3 is 1. The van der Waals surface area contributed by atoms with E-state index in [0.717, 1.165) is 11.1 Å². The highest BCUT2D eigenvalue weighted by molar-refractivity contribution is 9.11. The number of oxime groups is 1. The lowest BCUT2D eigenvalue weighted by Crippen LogP contribution is -2.31. The standard InChI is InChI=1S/C21H19Br2N3O5/c1-10-5-4-6-12(7-10)8-24-25-21(27)16-11(2)17(31-26-16)13-14(22)18(28-3)20-19(15(13)23)29-9-30-20/h4-8,11,17H,9H2,1-3H3,(H,25,27)/b24-8-/t11-,17+/m0/s1. The lowest BCUT2D eigenvalue weighted by atomic mass is 9.93. The molecule has 1 amide bonds. The van der Waals surface area contributed by atoms with E-state index in [0.29, 0.717) is 31.8 Å². The summed E-state index contributed by atoms with van der Waals surface area (Å²) in [6, 6.07) is 7.78. The summed E-state index contributed by atoms with van der Waals surface area (Å²) in [6.07, 6.45) is 1.04. The van der Waals surface area contributed by atoms with E-state index in [1.165, 1.54) is 0 Å². The number of fused-ring (bicyclic) bond motifs is 1. The van der Waals surface area contributed by atoms with Gasteiger partial charge in [0.25, 0.3) is 5.91 Å². The first-order chi connectivity index (χ1) is 14.9. The molecule has 162 valence electrons. The SMILES string of the molecule is COc1c(Br)c([C@@H]2ON=C(C(=O)N/N=C\c3cccc(C)c3)[C@@H]2C)c(Br)c2c1OCO2. The van der Waals surface area contributed by atoms with E-state index in [1.54, 1.807) is 13.3 Å². The molecule has 0 aliphatic carbocycles. The lowest BCUT2D eigenvalue weighted by molar-refractivity contribution is -0.115. The topological polar surface area (TPSA) is 90.7 Å². The number of hydrogen-bond donors (Lipinski definition) is 1. The van der Waals surface area contributed by atoms with E-state index in [4.69, 9.17) is 19.0 Å². The van der Waals surface area contributed by atoms with Gasteiger partial charge in [-0.1, -0.05) is 41.9 Å². The van der Waals surface area contributed by atoms with Gasteiger partial charge in [0, 0.05) is 5.56 Å². The number of halogens is 2. The highest BCUT2D eigenvalue weighted by Gasteiger charge is 2.41. The molecule has 2 aliphatic heterocycles. The molecule has 1 N–H and O–H groups in total. The molecule has 2 heterocycles. The zero-order valence-electron chi connectivity index (χ0n) is 16.9. The first kappa shape index (κ1) is 21.6. The van der Waals surface area contributed by atoms with Crippen LogP contribution in [-0.4, -0.2) is 31.7 Å².